The van der Waals surface area contributed by atoms with Crippen molar-refractivity contribution < 1.29 is 0 Å². The molecule has 0 saturated carbocycles. The second kappa shape index (κ2) is 5.47. The molecule has 0 radical (unpaired) electrons. The molecule has 0 nitrogen and oxygen atoms in total. The predicted octanol–water partition coefficient (Wildman–Crippen LogP) is 4.07. The minimum absolute atomic E-state index is 0.729. The highest BCUT2D eigenvalue weighted by atomic mass is 14.0. The molecule has 74 valence electrons. The van der Waals surface area contributed by atoms with Crippen LogP contribution in [-0.4, -0.2) is 0 Å². The van der Waals surface area contributed by atoms with Gasteiger partial charge in [0.1, 0.15) is 0 Å². The molecule has 0 aliphatic rings. The first-order valence-corrected chi connectivity index (χ1v) is 5.18. The van der Waals surface area contributed by atoms with Gasteiger partial charge < -0.3 is 0 Å². The Hall–Kier alpha value is -1.26. The van der Waals surface area contributed by atoms with Crippen LogP contribution >= 0.6 is 0 Å². The SMILES string of the molecule is CC=C=Cc1ccc(CC(C)C)cc1. The van der Waals surface area contributed by atoms with Crippen LogP contribution in [0.4, 0.5) is 0 Å². The largest absolute Gasteiger partial charge is 0.125 e. The molecular weight excluding hydrogens is 168 g/mol. The Balaban J connectivity index is 2.73. The fourth-order valence-corrected chi connectivity index (χ4v) is 1.40. The summed E-state index contributed by atoms with van der Waals surface area (Å²) < 4.78 is 0. The maximum atomic E-state index is 3.07. The molecule has 0 heterocycles. The lowest BCUT2D eigenvalue weighted by Crippen LogP contribution is -1.93. The van der Waals surface area contributed by atoms with Crippen LogP contribution in [0, 0.1) is 5.92 Å². The highest BCUT2D eigenvalue weighted by Gasteiger charge is 1.96. The van der Waals surface area contributed by atoms with Crippen molar-refractivity contribution in [3.8, 4) is 0 Å². The first kappa shape index (κ1) is 10.8. The summed E-state index contributed by atoms with van der Waals surface area (Å²) in [5.41, 5.74) is 5.71. The molecule has 0 bridgehead atoms. The molecule has 0 N–H and O–H groups in total. The van der Waals surface area contributed by atoms with E-state index in [0.29, 0.717) is 0 Å². The summed E-state index contributed by atoms with van der Waals surface area (Å²) in [4.78, 5) is 0. The Morgan fingerprint density at radius 2 is 1.86 bits per heavy atom. The smallest absolute Gasteiger partial charge is 0.0131 e. The van der Waals surface area contributed by atoms with Crippen LogP contribution in [0.2, 0.25) is 0 Å². The van der Waals surface area contributed by atoms with Gasteiger partial charge in [0.25, 0.3) is 0 Å². The molecule has 0 amide bonds. The van der Waals surface area contributed by atoms with E-state index in [2.05, 4.69) is 43.8 Å². The molecule has 0 heteroatoms. The van der Waals surface area contributed by atoms with Crippen molar-refractivity contribution >= 4 is 6.08 Å². The van der Waals surface area contributed by atoms with Crippen molar-refractivity contribution in [2.75, 3.05) is 0 Å². The maximum absolute atomic E-state index is 3.07. The van der Waals surface area contributed by atoms with Gasteiger partial charge in [-0.3, -0.25) is 0 Å². The van der Waals surface area contributed by atoms with Crippen molar-refractivity contribution in [3.63, 3.8) is 0 Å². The van der Waals surface area contributed by atoms with Gasteiger partial charge >= 0.3 is 0 Å². The first-order valence-electron chi connectivity index (χ1n) is 5.18. The Labute approximate surface area is 87.0 Å². The van der Waals surface area contributed by atoms with Gasteiger partial charge in [0.2, 0.25) is 0 Å². The molecule has 1 rings (SSSR count). The van der Waals surface area contributed by atoms with E-state index in [4.69, 9.17) is 0 Å². The van der Waals surface area contributed by atoms with Gasteiger partial charge in [-0.2, -0.15) is 0 Å². The van der Waals surface area contributed by atoms with Gasteiger partial charge in [0, 0.05) is 0 Å². The summed E-state index contributed by atoms with van der Waals surface area (Å²) in [5.74, 6) is 0.729. The second-order valence-electron chi connectivity index (χ2n) is 3.94. The van der Waals surface area contributed by atoms with E-state index in [1.165, 1.54) is 11.1 Å². The van der Waals surface area contributed by atoms with Crippen LogP contribution in [0.25, 0.3) is 6.08 Å². The highest BCUT2D eigenvalue weighted by Crippen LogP contribution is 2.10. The highest BCUT2D eigenvalue weighted by molar-refractivity contribution is 5.48. The molecule has 0 aliphatic carbocycles. The maximum Gasteiger partial charge on any atom is -0.0131 e. The van der Waals surface area contributed by atoms with Crippen LogP contribution in [0.15, 0.2) is 36.1 Å². The summed E-state index contributed by atoms with van der Waals surface area (Å²) in [6.45, 7) is 6.46. The molecule has 0 unspecified atom stereocenters. The van der Waals surface area contributed by atoms with Crippen molar-refractivity contribution in [1.82, 2.24) is 0 Å². The molecule has 0 spiro atoms. The minimum atomic E-state index is 0.729. The zero-order valence-electron chi connectivity index (χ0n) is 9.25. The van der Waals surface area contributed by atoms with E-state index >= 15 is 0 Å². The second-order valence-corrected chi connectivity index (χ2v) is 3.94. The molecule has 0 aliphatic heterocycles. The average Bonchev–Trinajstić information content (AvgIpc) is 2.16. The van der Waals surface area contributed by atoms with E-state index in [9.17, 15) is 0 Å². The number of hydrogen-bond donors (Lipinski definition) is 0. The Morgan fingerprint density at radius 1 is 1.21 bits per heavy atom. The van der Waals surface area contributed by atoms with E-state index in [1.54, 1.807) is 0 Å². The van der Waals surface area contributed by atoms with Crippen LogP contribution in [-0.2, 0) is 6.42 Å². The topological polar surface area (TPSA) is 0 Å². The third-order valence-electron chi connectivity index (χ3n) is 2.04. The van der Waals surface area contributed by atoms with Crippen molar-refractivity contribution in [2.24, 2.45) is 5.92 Å². The third-order valence-corrected chi connectivity index (χ3v) is 2.04. The van der Waals surface area contributed by atoms with Crippen LogP contribution in [0.3, 0.4) is 0 Å². The van der Waals surface area contributed by atoms with Gasteiger partial charge in [-0.25, -0.2) is 0 Å². The molecule has 0 saturated heterocycles. The Morgan fingerprint density at radius 3 is 2.36 bits per heavy atom. The molecule has 0 fully saturated rings. The summed E-state index contributed by atoms with van der Waals surface area (Å²) in [6, 6.07) is 8.69. The first-order chi connectivity index (χ1) is 6.72. The van der Waals surface area contributed by atoms with E-state index in [0.717, 1.165) is 12.3 Å². The zero-order chi connectivity index (χ0) is 10.4. The van der Waals surface area contributed by atoms with E-state index in [1.807, 2.05) is 19.1 Å². The van der Waals surface area contributed by atoms with Gasteiger partial charge in [0.05, 0.1) is 0 Å². The van der Waals surface area contributed by atoms with E-state index < -0.39 is 0 Å². The zero-order valence-corrected chi connectivity index (χ0v) is 9.25. The number of allylic oxidation sites excluding steroid dienone is 1. The van der Waals surface area contributed by atoms with Crippen LogP contribution in [0.1, 0.15) is 31.9 Å². The Kier molecular flexibility index (Phi) is 4.22. The van der Waals surface area contributed by atoms with Crippen molar-refractivity contribution in [2.45, 2.75) is 27.2 Å². The van der Waals surface area contributed by atoms with Crippen molar-refractivity contribution in [1.29, 1.82) is 0 Å². The quantitative estimate of drug-likeness (QED) is 0.624. The number of rotatable bonds is 3. The van der Waals surface area contributed by atoms with Crippen LogP contribution < -0.4 is 0 Å². The number of benzene rings is 1. The molecular formula is C14H18. The Bertz CT molecular complexity index is 322. The van der Waals surface area contributed by atoms with Gasteiger partial charge in [-0.05, 0) is 42.5 Å². The average molecular weight is 186 g/mol. The van der Waals surface area contributed by atoms with Crippen LogP contribution in [0.5, 0.6) is 0 Å². The normalized spacial score (nSPS) is 9.71. The molecule has 0 aromatic heterocycles. The fraction of sp³-hybridized carbons (Fsp3) is 0.357. The molecule has 0 atom stereocenters. The van der Waals surface area contributed by atoms with E-state index in [-0.39, 0.29) is 0 Å². The summed E-state index contributed by atoms with van der Waals surface area (Å²) in [5, 5.41) is 0. The third kappa shape index (κ3) is 3.64. The summed E-state index contributed by atoms with van der Waals surface area (Å²) in [6.07, 6.45) is 5.08. The monoisotopic (exact) mass is 186 g/mol. The minimum Gasteiger partial charge on any atom is -0.125 e. The molecule has 1 aromatic rings. The lowest BCUT2D eigenvalue weighted by molar-refractivity contribution is 0.647. The van der Waals surface area contributed by atoms with Gasteiger partial charge in [-0.1, -0.05) is 38.1 Å². The lowest BCUT2D eigenvalue weighted by Gasteiger charge is -2.04. The summed E-state index contributed by atoms with van der Waals surface area (Å²) in [7, 11) is 0. The summed E-state index contributed by atoms with van der Waals surface area (Å²) >= 11 is 0. The lowest BCUT2D eigenvalue weighted by atomic mass is 10.0. The standard InChI is InChI=1S/C14H18/c1-4-5-6-13-7-9-14(10-8-13)11-12(2)3/h4,6-10,12H,11H2,1-3H3. The number of hydrogen-bond acceptors (Lipinski definition) is 0. The molecule has 14 heavy (non-hydrogen) atoms. The molecule has 1 aromatic carbocycles. The van der Waals surface area contributed by atoms with Gasteiger partial charge in [-0.15, -0.1) is 5.73 Å². The predicted molar refractivity (Wildman–Crippen MR) is 63.2 cm³/mol. The van der Waals surface area contributed by atoms with Crippen molar-refractivity contribution in [3.05, 3.63) is 47.2 Å². The van der Waals surface area contributed by atoms with Gasteiger partial charge in [0.15, 0.2) is 0 Å². The fourth-order valence-electron chi connectivity index (χ4n) is 1.40.